The molecule has 0 unspecified atom stereocenters. The van der Waals surface area contributed by atoms with E-state index in [2.05, 4.69) is 10.0 Å². The van der Waals surface area contributed by atoms with Crippen molar-refractivity contribution in [1.82, 2.24) is 10.2 Å². The third kappa shape index (κ3) is 5.31. The van der Waals surface area contributed by atoms with Gasteiger partial charge in [-0.05, 0) is 75.5 Å². The Morgan fingerprint density at radius 1 is 1.00 bits per heavy atom. The van der Waals surface area contributed by atoms with Crippen LogP contribution in [0.1, 0.15) is 21.5 Å². The maximum absolute atomic E-state index is 12.5. The molecule has 26 heavy (non-hydrogen) atoms. The molecule has 0 bridgehead atoms. The number of nitrogens with zero attached hydrogens (tertiary/aromatic N) is 1. The van der Waals surface area contributed by atoms with Crippen LogP contribution in [0.4, 0.5) is 5.69 Å². The molecule has 0 saturated carbocycles. The van der Waals surface area contributed by atoms with Crippen LogP contribution < -0.4 is 10.0 Å². The molecule has 0 fully saturated rings. The van der Waals surface area contributed by atoms with Crippen LogP contribution in [-0.2, 0) is 10.0 Å². The van der Waals surface area contributed by atoms with Crippen LogP contribution in [0, 0.1) is 13.8 Å². The molecule has 2 aromatic rings. The quantitative estimate of drug-likeness (QED) is 0.779. The number of nitrogens with one attached hydrogen (secondary N) is 2. The zero-order valence-corrected chi connectivity index (χ0v) is 16.4. The van der Waals surface area contributed by atoms with Gasteiger partial charge in [0.15, 0.2) is 0 Å². The number of carbonyl (C=O) groups is 1. The summed E-state index contributed by atoms with van der Waals surface area (Å²) in [5.74, 6) is -0.224. The van der Waals surface area contributed by atoms with Crippen LogP contribution >= 0.6 is 0 Å². The third-order valence-corrected chi connectivity index (χ3v) is 5.43. The first-order valence-electron chi connectivity index (χ1n) is 8.32. The van der Waals surface area contributed by atoms with E-state index >= 15 is 0 Å². The fraction of sp³-hybridized carbons (Fsp3) is 0.316. The van der Waals surface area contributed by atoms with Crippen molar-refractivity contribution in [1.29, 1.82) is 0 Å². The second kappa shape index (κ2) is 8.33. The largest absolute Gasteiger partial charge is 0.351 e. The molecule has 0 radical (unpaired) electrons. The molecule has 140 valence electrons. The lowest BCUT2D eigenvalue weighted by atomic mass is 10.1. The molecule has 0 aliphatic rings. The van der Waals surface area contributed by atoms with E-state index in [1.165, 1.54) is 24.3 Å². The van der Waals surface area contributed by atoms with Crippen molar-refractivity contribution in [3.8, 4) is 0 Å². The molecular formula is C19H25N3O3S. The summed E-state index contributed by atoms with van der Waals surface area (Å²) in [6.07, 6.45) is 0. The maximum atomic E-state index is 12.5. The normalized spacial score (nSPS) is 11.4. The summed E-state index contributed by atoms with van der Waals surface area (Å²) in [7, 11) is 0.148. The van der Waals surface area contributed by atoms with Gasteiger partial charge in [0.1, 0.15) is 0 Å². The number of carbonyl (C=O) groups excluding carboxylic acids is 1. The molecule has 0 saturated heterocycles. The summed E-state index contributed by atoms with van der Waals surface area (Å²) in [4.78, 5) is 14.1. The first-order chi connectivity index (χ1) is 12.2. The first-order valence-corrected chi connectivity index (χ1v) is 9.80. The zero-order chi connectivity index (χ0) is 19.3. The highest BCUT2D eigenvalue weighted by molar-refractivity contribution is 7.92. The molecule has 2 rings (SSSR count). The van der Waals surface area contributed by atoms with Crippen molar-refractivity contribution in [3.63, 3.8) is 0 Å². The van der Waals surface area contributed by atoms with Crippen molar-refractivity contribution < 1.29 is 13.2 Å². The van der Waals surface area contributed by atoms with Gasteiger partial charge in [0.05, 0.1) is 4.90 Å². The average Bonchev–Trinajstić information content (AvgIpc) is 2.57. The number of amides is 1. The van der Waals surface area contributed by atoms with Crippen molar-refractivity contribution in [3.05, 3.63) is 59.2 Å². The van der Waals surface area contributed by atoms with Crippen LogP contribution in [0.3, 0.4) is 0 Å². The van der Waals surface area contributed by atoms with Gasteiger partial charge in [-0.2, -0.15) is 0 Å². The number of aryl methyl sites for hydroxylation is 2. The smallest absolute Gasteiger partial charge is 0.261 e. The predicted octanol–water partition coefficient (Wildman–Crippen LogP) is 2.40. The van der Waals surface area contributed by atoms with Crippen LogP contribution in [0.25, 0.3) is 0 Å². The van der Waals surface area contributed by atoms with Gasteiger partial charge in [-0.15, -0.1) is 0 Å². The van der Waals surface area contributed by atoms with Crippen LogP contribution in [0.5, 0.6) is 0 Å². The topological polar surface area (TPSA) is 78.5 Å². The van der Waals surface area contributed by atoms with E-state index in [0.717, 1.165) is 17.7 Å². The van der Waals surface area contributed by atoms with Gasteiger partial charge in [-0.3, -0.25) is 9.52 Å². The minimum Gasteiger partial charge on any atom is -0.351 e. The highest BCUT2D eigenvalue weighted by Crippen LogP contribution is 2.19. The summed E-state index contributed by atoms with van der Waals surface area (Å²) in [6.45, 7) is 5.16. The molecule has 1 amide bonds. The molecular weight excluding hydrogens is 350 g/mol. The lowest BCUT2D eigenvalue weighted by molar-refractivity contribution is 0.0951. The van der Waals surface area contributed by atoms with Crippen LogP contribution in [-0.4, -0.2) is 46.4 Å². The number of rotatable bonds is 7. The molecule has 0 atom stereocenters. The molecule has 7 heteroatoms. The lowest BCUT2D eigenvalue weighted by Gasteiger charge is -2.11. The predicted molar refractivity (Wildman–Crippen MR) is 104 cm³/mol. The van der Waals surface area contributed by atoms with E-state index in [9.17, 15) is 13.2 Å². The van der Waals surface area contributed by atoms with Gasteiger partial charge in [0, 0.05) is 24.3 Å². The summed E-state index contributed by atoms with van der Waals surface area (Å²) >= 11 is 0. The van der Waals surface area contributed by atoms with Crippen molar-refractivity contribution >= 4 is 21.6 Å². The molecule has 0 aliphatic carbocycles. The SMILES string of the molecule is Cc1ccc(NS(=O)(=O)c2ccc(C(=O)NCCN(C)C)cc2)cc1C. The number of likely N-dealkylation sites (N-methyl/N-ethyl adjacent to an activating group) is 1. The second-order valence-corrected chi connectivity index (χ2v) is 8.17. The Bertz CT molecular complexity index is 875. The van der Waals surface area contributed by atoms with Gasteiger partial charge in [0.25, 0.3) is 15.9 Å². The Hall–Kier alpha value is -2.38. The molecule has 2 aromatic carbocycles. The third-order valence-electron chi connectivity index (χ3n) is 4.03. The molecule has 0 heterocycles. The van der Waals surface area contributed by atoms with E-state index in [0.29, 0.717) is 17.8 Å². The average molecular weight is 375 g/mol. The van der Waals surface area contributed by atoms with E-state index in [4.69, 9.17) is 0 Å². The Labute approximate surface area is 155 Å². The van der Waals surface area contributed by atoms with E-state index in [1.807, 2.05) is 38.9 Å². The summed E-state index contributed by atoms with van der Waals surface area (Å²) < 4.78 is 27.6. The van der Waals surface area contributed by atoms with Crippen molar-refractivity contribution in [2.24, 2.45) is 0 Å². The lowest BCUT2D eigenvalue weighted by Crippen LogP contribution is -2.31. The zero-order valence-electron chi connectivity index (χ0n) is 15.5. The van der Waals surface area contributed by atoms with Crippen molar-refractivity contribution in [2.75, 3.05) is 31.9 Å². The van der Waals surface area contributed by atoms with Crippen LogP contribution in [0.2, 0.25) is 0 Å². The monoisotopic (exact) mass is 375 g/mol. The fourth-order valence-electron chi connectivity index (χ4n) is 2.30. The fourth-order valence-corrected chi connectivity index (χ4v) is 3.35. The molecule has 0 aromatic heterocycles. The summed E-state index contributed by atoms with van der Waals surface area (Å²) in [6, 6.07) is 11.3. The highest BCUT2D eigenvalue weighted by Gasteiger charge is 2.15. The number of hydrogen-bond donors (Lipinski definition) is 2. The van der Waals surface area contributed by atoms with Gasteiger partial charge in [-0.25, -0.2) is 8.42 Å². The number of anilines is 1. The van der Waals surface area contributed by atoms with E-state index in [-0.39, 0.29) is 10.8 Å². The van der Waals surface area contributed by atoms with Gasteiger partial charge in [-0.1, -0.05) is 6.07 Å². The van der Waals surface area contributed by atoms with Gasteiger partial charge in [0.2, 0.25) is 0 Å². The van der Waals surface area contributed by atoms with Gasteiger partial charge >= 0.3 is 0 Å². The van der Waals surface area contributed by atoms with E-state index in [1.54, 1.807) is 12.1 Å². The summed E-state index contributed by atoms with van der Waals surface area (Å²) in [5.41, 5.74) is 3.04. The van der Waals surface area contributed by atoms with Crippen LogP contribution in [0.15, 0.2) is 47.4 Å². The number of benzene rings is 2. The summed E-state index contributed by atoms with van der Waals surface area (Å²) in [5, 5.41) is 2.79. The minimum atomic E-state index is -3.70. The Morgan fingerprint density at radius 2 is 1.65 bits per heavy atom. The van der Waals surface area contributed by atoms with E-state index < -0.39 is 10.0 Å². The molecule has 6 nitrogen and oxygen atoms in total. The Balaban J connectivity index is 2.08. The molecule has 2 N–H and O–H groups in total. The number of sulfonamides is 1. The minimum absolute atomic E-state index is 0.112. The second-order valence-electron chi connectivity index (χ2n) is 6.49. The standard InChI is InChI=1S/C19H25N3O3S/c1-14-5-8-17(13-15(14)2)21-26(24,25)18-9-6-16(7-10-18)19(23)20-11-12-22(3)4/h5-10,13,21H,11-12H2,1-4H3,(H,20,23). The number of hydrogen-bond acceptors (Lipinski definition) is 4. The van der Waals surface area contributed by atoms with Gasteiger partial charge < -0.3 is 10.2 Å². The Morgan fingerprint density at radius 3 is 2.23 bits per heavy atom. The Kier molecular flexibility index (Phi) is 6.39. The first kappa shape index (κ1) is 19.9. The highest BCUT2D eigenvalue weighted by atomic mass is 32.2. The molecule has 0 spiro atoms. The molecule has 0 aliphatic heterocycles. The van der Waals surface area contributed by atoms with Crippen molar-refractivity contribution in [2.45, 2.75) is 18.7 Å². The maximum Gasteiger partial charge on any atom is 0.261 e.